The number of aromatic nitrogens is 2. The van der Waals surface area contributed by atoms with Crippen LogP contribution in [0.5, 0.6) is 0 Å². The fourth-order valence-electron chi connectivity index (χ4n) is 1.60. The second kappa shape index (κ2) is 5.69. The average molecular weight is 382 g/mol. The summed E-state index contributed by atoms with van der Waals surface area (Å²) in [6.07, 6.45) is -4.47. The first-order valence-electron chi connectivity index (χ1n) is 5.62. The summed E-state index contributed by atoms with van der Waals surface area (Å²) in [6.45, 7) is 1.62. The third-order valence-corrected chi connectivity index (χ3v) is 3.50. The van der Waals surface area contributed by atoms with Crippen molar-refractivity contribution in [1.82, 2.24) is 9.97 Å². The van der Waals surface area contributed by atoms with Crippen molar-refractivity contribution in [2.45, 2.75) is 13.1 Å². The van der Waals surface area contributed by atoms with Crippen molar-refractivity contribution < 1.29 is 13.2 Å². The van der Waals surface area contributed by atoms with Gasteiger partial charge in [-0.25, -0.2) is 4.98 Å². The smallest absolute Gasteiger partial charge is 0.394 e. The SMILES string of the molecule is Cc1nc(Cl)nc(Nc2ccc(Br)c(C(F)(F)F)c2)c1N. The number of aryl methyl sites for hydroxylation is 1. The lowest BCUT2D eigenvalue weighted by Gasteiger charge is -2.13. The molecule has 0 saturated heterocycles. The molecule has 2 rings (SSSR count). The highest BCUT2D eigenvalue weighted by Crippen LogP contribution is 2.37. The summed E-state index contributed by atoms with van der Waals surface area (Å²) in [5.74, 6) is 0.156. The molecule has 112 valence electrons. The van der Waals surface area contributed by atoms with E-state index in [0.717, 1.165) is 6.07 Å². The van der Waals surface area contributed by atoms with E-state index in [1.165, 1.54) is 12.1 Å². The zero-order chi connectivity index (χ0) is 15.8. The van der Waals surface area contributed by atoms with Crippen molar-refractivity contribution in [3.8, 4) is 0 Å². The van der Waals surface area contributed by atoms with Crippen LogP contribution in [-0.4, -0.2) is 9.97 Å². The van der Waals surface area contributed by atoms with Crippen LogP contribution in [-0.2, 0) is 6.18 Å². The quantitative estimate of drug-likeness (QED) is 0.749. The van der Waals surface area contributed by atoms with Gasteiger partial charge in [-0.05, 0) is 36.7 Å². The number of hydrogen-bond acceptors (Lipinski definition) is 4. The number of nitrogens with zero attached hydrogens (tertiary/aromatic N) is 2. The molecule has 0 saturated carbocycles. The Morgan fingerprint density at radius 1 is 1.29 bits per heavy atom. The maximum Gasteiger partial charge on any atom is 0.417 e. The molecule has 0 aliphatic rings. The lowest BCUT2D eigenvalue weighted by atomic mass is 10.2. The molecule has 1 heterocycles. The highest BCUT2D eigenvalue weighted by atomic mass is 79.9. The summed E-state index contributed by atoms with van der Waals surface area (Å²) >= 11 is 8.58. The van der Waals surface area contributed by atoms with E-state index in [0.29, 0.717) is 5.69 Å². The maximum atomic E-state index is 12.8. The Bertz CT molecular complexity index is 691. The molecule has 0 bridgehead atoms. The van der Waals surface area contributed by atoms with Crippen LogP contribution in [0.25, 0.3) is 0 Å². The Morgan fingerprint density at radius 2 is 1.95 bits per heavy atom. The number of anilines is 3. The first-order valence-corrected chi connectivity index (χ1v) is 6.79. The number of nitrogen functional groups attached to an aromatic ring is 1. The summed E-state index contributed by atoms with van der Waals surface area (Å²) in [5, 5.41) is 2.67. The minimum Gasteiger partial charge on any atom is -0.394 e. The lowest BCUT2D eigenvalue weighted by Crippen LogP contribution is -2.08. The number of nitrogens with one attached hydrogen (secondary N) is 1. The fourth-order valence-corrected chi connectivity index (χ4v) is 2.28. The van der Waals surface area contributed by atoms with Gasteiger partial charge in [0.05, 0.1) is 16.9 Å². The predicted octanol–water partition coefficient (Wildman–Crippen LogP) is 4.55. The molecule has 0 spiro atoms. The third kappa shape index (κ3) is 3.56. The molecule has 1 aromatic carbocycles. The van der Waals surface area contributed by atoms with E-state index in [1.54, 1.807) is 6.92 Å². The number of benzene rings is 1. The largest absolute Gasteiger partial charge is 0.417 e. The molecule has 9 heteroatoms. The molecule has 0 radical (unpaired) electrons. The van der Waals surface area contributed by atoms with Crippen molar-refractivity contribution in [2.75, 3.05) is 11.1 Å². The van der Waals surface area contributed by atoms with Gasteiger partial charge in [-0.2, -0.15) is 18.2 Å². The summed E-state index contributed by atoms with van der Waals surface area (Å²) in [6, 6.07) is 3.70. The minimum atomic E-state index is -4.47. The van der Waals surface area contributed by atoms with Gasteiger partial charge in [-0.3, -0.25) is 0 Å². The first kappa shape index (κ1) is 15.8. The van der Waals surface area contributed by atoms with Gasteiger partial charge in [-0.1, -0.05) is 15.9 Å². The fraction of sp³-hybridized carbons (Fsp3) is 0.167. The minimum absolute atomic E-state index is 0.0441. The van der Waals surface area contributed by atoms with Crippen LogP contribution in [0.1, 0.15) is 11.3 Å². The van der Waals surface area contributed by atoms with Crippen LogP contribution in [0.15, 0.2) is 22.7 Å². The molecule has 4 nitrogen and oxygen atoms in total. The van der Waals surface area contributed by atoms with E-state index in [4.69, 9.17) is 17.3 Å². The number of halogens is 5. The van der Waals surface area contributed by atoms with Gasteiger partial charge in [0.15, 0.2) is 5.82 Å². The van der Waals surface area contributed by atoms with Gasteiger partial charge in [0.1, 0.15) is 0 Å². The number of alkyl halides is 3. The topological polar surface area (TPSA) is 63.8 Å². The molecular formula is C12H9BrClF3N4. The van der Waals surface area contributed by atoms with E-state index in [2.05, 4.69) is 31.2 Å². The molecular weight excluding hydrogens is 373 g/mol. The number of hydrogen-bond donors (Lipinski definition) is 2. The summed E-state index contributed by atoms with van der Waals surface area (Å²) in [7, 11) is 0. The predicted molar refractivity (Wildman–Crippen MR) is 78.6 cm³/mol. The van der Waals surface area contributed by atoms with E-state index in [9.17, 15) is 13.2 Å². The summed E-state index contributed by atoms with van der Waals surface area (Å²) in [5.41, 5.74) is 5.81. The molecule has 0 unspecified atom stereocenters. The van der Waals surface area contributed by atoms with Crippen LogP contribution >= 0.6 is 27.5 Å². The Hall–Kier alpha value is -1.54. The zero-order valence-electron chi connectivity index (χ0n) is 10.6. The Kier molecular flexibility index (Phi) is 4.29. The van der Waals surface area contributed by atoms with Crippen LogP contribution < -0.4 is 11.1 Å². The highest BCUT2D eigenvalue weighted by molar-refractivity contribution is 9.10. The molecule has 21 heavy (non-hydrogen) atoms. The monoisotopic (exact) mass is 380 g/mol. The highest BCUT2D eigenvalue weighted by Gasteiger charge is 2.33. The third-order valence-electron chi connectivity index (χ3n) is 2.64. The Morgan fingerprint density at radius 3 is 2.57 bits per heavy atom. The van der Waals surface area contributed by atoms with Crippen molar-refractivity contribution >= 4 is 44.7 Å². The standard InChI is InChI=1S/C12H9BrClF3N4/c1-5-9(18)10(21-11(14)19-5)20-6-2-3-8(13)7(4-6)12(15,16)17/h2-4H,18H2,1H3,(H,19,20,21). The van der Waals surface area contributed by atoms with E-state index in [1.807, 2.05) is 0 Å². The zero-order valence-corrected chi connectivity index (χ0v) is 12.9. The molecule has 0 fully saturated rings. The van der Waals surface area contributed by atoms with Gasteiger partial charge in [0, 0.05) is 10.2 Å². The van der Waals surface area contributed by atoms with E-state index in [-0.39, 0.29) is 26.9 Å². The molecule has 0 aliphatic heterocycles. The van der Waals surface area contributed by atoms with Gasteiger partial charge in [-0.15, -0.1) is 0 Å². The number of nitrogens with two attached hydrogens (primary N) is 1. The Balaban J connectivity index is 2.41. The van der Waals surface area contributed by atoms with Crippen molar-refractivity contribution in [1.29, 1.82) is 0 Å². The summed E-state index contributed by atoms with van der Waals surface area (Å²) < 4.78 is 38.5. The van der Waals surface area contributed by atoms with E-state index < -0.39 is 11.7 Å². The molecule has 0 amide bonds. The van der Waals surface area contributed by atoms with Crippen LogP contribution in [0.3, 0.4) is 0 Å². The van der Waals surface area contributed by atoms with Crippen LogP contribution in [0.4, 0.5) is 30.4 Å². The molecule has 0 atom stereocenters. The molecule has 2 aromatic rings. The normalized spacial score (nSPS) is 11.5. The molecule has 3 N–H and O–H groups in total. The molecule has 0 aliphatic carbocycles. The van der Waals surface area contributed by atoms with Crippen molar-refractivity contribution in [2.24, 2.45) is 0 Å². The van der Waals surface area contributed by atoms with Gasteiger partial charge in [0.2, 0.25) is 5.28 Å². The second-order valence-corrected chi connectivity index (χ2v) is 5.35. The molecule has 1 aromatic heterocycles. The maximum absolute atomic E-state index is 12.8. The number of rotatable bonds is 2. The van der Waals surface area contributed by atoms with Gasteiger partial charge < -0.3 is 11.1 Å². The van der Waals surface area contributed by atoms with E-state index >= 15 is 0 Å². The van der Waals surface area contributed by atoms with Crippen molar-refractivity contribution in [3.05, 3.63) is 39.2 Å². The first-order chi connectivity index (χ1) is 9.68. The Labute approximate surface area is 131 Å². The summed E-state index contributed by atoms with van der Waals surface area (Å²) in [4.78, 5) is 7.72. The van der Waals surface area contributed by atoms with Crippen molar-refractivity contribution in [3.63, 3.8) is 0 Å². The van der Waals surface area contributed by atoms with Gasteiger partial charge in [0.25, 0.3) is 0 Å². The van der Waals surface area contributed by atoms with Crippen LogP contribution in [0.2, 0.25) is 5.28 Å². The lowest BCUT2D eigenvalue weighted by molar-refractivity contribution is -0.138. The van der Waals surface area contributed by atoms with Gasteiger partial charge >= 0.3 is 6.18 Å². The van der Waals surface area contributed by atoms with Crippen LogP contribution in [0, 0.1) is 6.92 Å². The second-order valence-electron chi connectivity index (χ2n) is 4.16. The average Bonchev–Trinajstić information content (AvgIpc) is 2.36.